The Labute approximate surface area is 156 Å². The number of benzene rings is 1. The van der Waals surface area contributed by atoms with Gasteiger partial charge in [-0.15, -0.1) is 11.3 Å². The van der Waals surface area contributed by atoms with Gasteiger partial charge in [0.1, 0.15) is 11.5 Å². The molecule has 10 heteroatoms. The van der Waals surface area contributed by atoms with Crippen LogP contribution >= 0.6 is 11.3 Å². The zero-order valence-electron chi connectivity index (χ0n) is 13.9. The van der Waals surface area contributed by atoms with E-state index in [1.54, 1.807) is 29.6 Å². The zero-order valence-corrected chi connectivity index (χ0v) is 14.7. The van der Waals surface area contributed by atoms with Gasteiger partial charge in [-0.1, -0.05) is 12.1 Å². The topological polar surface area (TPSA) is 133 Å². The molecular weight excluding hydrogens is 372 g/mol. The Kier molecular flexibility index (Phi) is 5.27. The smallest absolute Gasteiger partial charge is 0.326 e. The number of ether oxygens (including phenoxy) is 1. The molecule has 0 saturated heterocycles. The van der Waals surface area contributed by atoms with Gasteiger partial charge in [0.15, 0.2) is 6.61 Å². The Morgan fingerprint density at radius 3 is 2.78 bits per heavy atom. The van der Waals surface area contributed by atoms with Crippen LogP contribution in [0.1, 0.15) is 10.4 Å². The number of para-hydroxylation sites is 1. The van der Waals surface area contributed by atoms with Crippen molar-refractivity contribution < 1.29 is 19.1 Å². The second-order valence-electron chi connectivity index (χ2n) is 5.43. The number of fused-ring (bicyclic) bond motifs is 1. The van der Waals surface area contributed by atoms with Gasteiger partial charge < -0.3 is 15.8 Å². The molecule has 3 N–H and O–H groups in total. The van der Waals surface area contributed by atoms with Gasteiger partial charge in [0.05, 0.1) is 22.8 Å². The molecule has 0 aliphatic rings. The predicted octanol–water partition coefficient (Wildman–Crippen LogP) is 0.739. The van der Waals surface area contributed by atoms with E-state index in [1.807, 2.05) is 0 Å². The molecular formula is C17H14N4O5S. The third-order valence-electron chi connectivity index (χ3n) is 3.58. The molecule has 138 valence electrons. The summed E-state index contributed by atoms with van der Waals surface area (Å²) < 4.78 is 5.98. The minimum absolute atomic E-state index is 0.175. The van der Waals surface area contributed by atoms with E-state index in [9.17, 15) is 19.2 Å². The Morgan fingerprint density at radius 1 is 1.22 bits per heavy atom. The van der Waals surface area contributed by atoms with E-state index in [1.165, 1.54) is 12.4 Å². The van der Waals surface area contributed by atoms with E-state index in [-0.39, 0.29) is 22.7 Å². The molecule has 27 heavy (non-hydrogen) atoms. The van der Waals surface area contributed by atoms with Crippen LogP contribution in [-0.4, -0.2) is 33.9 Å². The predicted molar refractivity (Wildman–Crippen MR) is 98.4 cm³/mol. The molecule has 2 amide bonds. The Bertz CT molecular complexity index is 1090. The van der Waals surface area contributed by atoms with Crippen molar-refractivity contribution in [2.45, 2.75) is 6.54 Å². The second-order valence-corrected chi connectivity index (χ2v) is 6.35. The van der Waals surface area contributed by atoms with E-state index >= 15 is 0 Å². The number of hydrogen-bond donors (Lipinski definition) is 2. The summed E-state index contributed by atoms with van der Waals surface area (Å²) in [6.07, 6.45) is 1.25. The number of hydrogen-bond acceptors (Lipinski definition) is 7. The molecule has 0 atom stereocenters. The van der Waals surface area contributed by atoms with Crippen molar-refractivity contribution >= 4 is 45.0 Å². The molecule has 3 aromatic rings. The number of nitrogens with one attached hydrogen (secondary N) is 1. The summed E-state index contributed by atoms with van der Waals surface area (Å²) in [7, 11) is 0. The van der Waals surface area contributed by atoms with Gasteiger partial charge in [0, 0.05) is 0 Å². The zero-order chi connectivity index (χ0) is 19.4. The molecule has 0 saturated carbocycles. The first-order chi connectivity index (χ1) is 13.0. The van der Waals surface area contributed by atoms with Crippen molar-refractivity contribution in [1.82, 2.24) is 9.55 Å². The SMILES string of the molecule is NC(=O)c1ccsc1NC(=O)COC(=O)Cn1cnc2ccccc2c1=O. The number of anilines is 1. The Hall–Kier alpha value is -3.53. The number of carbonyl (C=O) groups is 3. The number of thiophene rings is 1. The molecule has 0 radical (unpaired) electrons. The summed E-state index contributed by atoms with van der Waals surface area (Å²) >= 11 is 1.12. The number of nitrogens with two attached hydrogens (primary N) is 1. The normalized spacial score (nSPS) is 10.5. The number of primary amides is 1. The van der Waals surface area contributed by atoms with Crippen LogP contribution in [0.3, 0.4) is 0 Å². The first-order valence-corrected chi connectivity index (χ1v) is 8.60. The van der Waals surface area contributed by atoms with Crippen molar-refractivity contribution in [3.8, 4) is 0 Å². The molecule has 1 aromatic carbocycles. The van der Waals surface area contributed by atoms with Crippen LogP contribution in [0, 0.1) is 0 Å². The molecule has 0 fully saturated rings. The average molecular weight is 386 g/mol. The van der Waals surface area contributed by atoms with E-state index in [0.29, 0.717) is 10.9 Å². The lowest BCUT2D eigenvalue weighted by Crippen LogP contribution is -2.28. The minimum Gasteiger partial charge on any atom is -0.454 e. The number of rotatable bonds is 6. The molecule has 0 aliphatic heterocycles. The highest BCUT2D eigenvalue weighted by atomic mass is 32.1. The molecule has 2 aromatic heterocycles. The standard InChI is InChI=1S/C17H14N4O5S/c18-15(24)11-5-6-27-16(11)20-13(22)8-26-14(23)7-21-9-19-12-4-2-1-3-10(12)17(21)25/h1-6,9H,7-8H2,(H2,18,24)(H,20,22). The summed E-state index contributed by atoms with van der Waals surface area (Å²) in [6.45, 7) is -0.944. The molecule has 0 unspecified atom stereocenters. The number of nitrogens with zero attached hydrogens (tertiary/aromatic N) is 2. The van der Waals surface area contributed by atoms with Crippen molar-refractivity contribution in [2.24, 2.45) is 5.73 Å². The largest absolute Gasteiger partial charge is 0.454 e. The van der Waals surface area contributed by atoms with Crippen LogP contribution in [0.15, 0.2) is 46.8 Å². The summed E-state index contributed by atoms with van der Waals surface area (Å²) in [5, 5.41) is 4.70. The van der Waals surface area contributed by atoms with Crippen molar-refractivity contribution in [2.75, 3.05) is 11.9 Å². The fraction of sp³-hybridized carbons (Fsp3) is 0.118. The van der Waals surface area contributed by atoms with Gasteiger partial charge in [-0.25, -0.2) is 4.98 Å². The van der Waals surface area contributed by atoms with Crippen molar-refractivity contribution in [3.05, 3.63) is 58.0 Å². The molecule has 9 nitrogen and oxygen atoms in total. The van der Waals surface area contributed by atoms with Crippen LogP contribution in [0.4, 0.5) is 5.00 Å². The van der Waals surface area contributed by atoms with Crippen molar-refractivity contribution in [1.29, 1.82) is 0 Å². The first-order valence-electron chi connectivity index (χ1n) is 7.72. The lowest BCUT2D eigenvalue weighted by atomic mass is 10.2. The maximum atomic E-state index is 12.3. The summed E-state index contributed by atoms with van der Waals surface area (Å²) in [5.41, 5.74) is 5.50. The number of carbonyl (C=O) groups excluding carboxylic acids is 3. The van der Waals surface area contributed by atoms with Gasteiger partial charge in [0.2, 0.25) is 0 Å². The fourth-order valence-electron chi connectivity index (χ4n) is 2.31. The molecule has 3 rings (SSSR count). The fourth-order valence-corrected chi connectivity index (χ4v) is 3.12. The van der Waals surface area contributed by atoms with E-state index in [0.717, 1.165) is 15.9 Å². The van der Waals surface area contributed by atoms with E-state index in [2.05, 4.69) is 10.3 Å². The molecule has 2 heterocycles. The number of amides is 2. The summed E-state index contributed by atoms with van der Waals surface area (Å²) in [5.74, 6) is -2.07. The minimum atomic E-state index is -0.773. The van der Waals surface area contributed by atoms with Crippen LogP contribution in [0.25, 0.3) is 10.9 Å². The third kappa shape index (κ3) is 4.18. The molecule has 0 bridgehead atoms. The second kappa shape index (κ2) is 7.79. The van der Waals surface area contributed by atoms with Crippen LogP contribution < -0.4 is 16.6 Å². The van der Waals surface area contributed by atoms with Gasteiger partial charge in [-0.05, 0) is 23.6 Å². The summed E-state index contributed by atoms with van der Waals surface area (Å²) in [4.78, 5) is 51.4. The first kappa shape index (κ1) is 18.3. The summed E-state index contributed by atoms with van der Waals surface area (Å²) in [6, 6.07) is 8.23. The Balaban J connectivity index is 1.59. The van der Waals surface area contributed by atoms with Crippen LogP contribution in [0.5, 0.6) is 0 Å². The van der Waals surface area contributed by atoms with Gasteiger partial charge >= 0.3 is 5.97 Å². The lowest BCUT2D eigenvalue weighted by Gasteiger charge is -2.08. The van der Waals surface area contributed by atoms with Gasteiger partial charge in [0.25, 0.3) is 17.4 Å². The highest BCUT2D eigenvalue weighted by Gasteiger charge is 2.15. The lowest BCUT2D eigenvalue weighted by molar-refractivity contribution is -0.147. The van der Waals surface area contributed by atoms with E-state index in [4.69, 9.17) is 10.5 Å². The van der Waals surface area contributed by atoms with Gasteiger partial charge in [-0.2, -0.15) is 0 Å². The van der Waals surface area contributed by atoms with E-state index < -0.39 is 24.4 Å². The highest BCUT2D eigenvalue weighted by molar-refractivity contribution is 7.14. The van der Waals surface area contributed by atoms with Crippen LogP contribution in [-0.2, 0) is 20.9 Å². The highest BCUT2D eigenvalue weighted by Crippen LogP contribution is 2.22. The monoisotopic (exact) mass is 386 g/mol. The maximum absolute atomic E-state index is 12.3. The quantitative estimate of drug-likeness (QED) is 0.600. The number of esters is 1. The Morgan fingerprint density at radius 2 is 2.00 bits per heavy atom. The number of aromatic nitrogens is 2. The van der Waals surface area contributed by atoms with Crippen molar-refractivity contribution in [3.63, 3.8) is 0 Å². The maximum Gasteiger partial charge on any atom is 0.326 e. The average Bonchev–Trinajstić information content (AvgIpc) is 3.11. The molecule has 0 aliphatic carbocycles. The van der Waals surface area contributed by atoms with Gasteiger partial charge in [-0.3, -0.25) is 23.7 Å². The van der Waals surface area contributed by atoms with Crippen LogP contribution in [0.2, 0.25) is 0 Å². The third-order valence-corrected chi connectivity index (χ3v) is 4.41. The molecule has 0 spiro atoms.